The van der Waals surface area contributed by atoms with E-state index in [9.17, 15) is 9.59 Å². The second kappa shape index (κ2) is 8.92. The summed E-state index contributed by atoms with van der Waals surface area (Å²) in [5, 5.41) is 5.56. The Morgan fingerprint density at radius 1 is 0.933 bits per heavy atom. The van der Waals surface area contributed by atoms with Crippen LogP contribution in [-0.4, -0.2) is 23.3 Å². The first-order valence-corrected chi connectivity index (χ1v) is 10.2. The molecule has 2 N–H and O–H groups in total. The van der Waals surface area contributed by atoms with Gasteiger partial charge in [-0.2, -0.15) is 0 Å². The number of nitrogens with zero attached hydrogens (tertiary/aromatic N) is 1. The van der Waals surface area contributed by atoms with Crippen LogP contribution >= 0.6 is 15.9 Å². The molecule has 0 atom stereocenters. The Hall–Kier alpha value is -3.45. The highest BCUT2D eigenvalue weighted by Gasteiger charge is 2.09. The minimum atomic E-state index is -0.210. The van der Waals surface area contributed by atoms with Gasteiger partial charge >= 0.3 is 0 Å². The smallest absolute Gasteiger partial charge is 0.251 e. The van der Waals surface area contributed by atoms with Crippen molar-refractivity contribution in [3.63, 3.8) is 0 Å². The summed E-state index contributed by atoms with van der Waals surface area (Å²) < 4.78 is 6.66. The lowest BCUT2D eigenvalue weighted by Gasteiger charge is -2.07. The maximum Gasteiger partial charge on any atom is 0.251 e. The quantitative estimate of drug-likeness (QED) is 0.420. The second-order valence-electron chi connectivity index (χ2n) is 6.63. The zero-order valence-electron chi connectivity index (χ0n) is 15.9. The molecule has 1 aromatic heterocycles. The average Bonchev–Trinajstić information content (AvgIpc) is 3.19. The molecule has 0 spiro atoms. The van der Waals surface area contributed by atoms with E-state index in [-0.39, 0.29) is 24.8 Å². The number of hydrogen-bond donors (Lipinski definition) is 2. The predicted molar refractivity (Wildman–Crippen MR) is 119 cm³/mol. The molecule has 0 saturated carbocycles. The molecule has 3 aromatic carbocycles. The number of nitrogens with one attached hydrogen (secondary N) is 2. The molecule has 1 heterocycles. The van der Waals surface area contributed by atoms with Gasteiger partial charge in [0, 0.05) is 34.3 Å². The SMILES string of the molecule is O=C(CCNC(=O)c1ccc(Br)cc1)Nc1ccc(-c2nc3ccccc3o2)cc1. The van der Waals surface area contributed by atoms with E-state index in [0.29, 0.717) is 17.1 Å². The first-order valence-electron chi connectivity index (χ1n) is 9.38. The van der Waals surface area contributed by atoms with Crippen LogP contribution in [0.2, 0.25) is 0 Å². The van der Waals surface area contributed by atoms with Gasteiger partial charge in [0.05, 0.1) is 0 Å². The molecule has 0 unspecified atom stereocenters. The molecule has 0 aliphatic heterocycles. The summed E-state index contributed by atoms with van der Waals surface area (Å²) in [6.45, 7) is 0.252. The maximum absolute atomic E-state index is 12.1. The molecule has 0 radical (unpaired) electrons. The van der Waals surface area contributed by atoms with Gasteiger partial charge in [-0.25, -0.2) is 4.98 Å². The molecular formula is C23H18BrN3O3. The summed E-state index contributed by atoms with van der Waals surface area (Å²) in [7, 11) is 0. The number of carbonyl (C=O) groups excluding carboxylic acids is 2. The molecule has 2 amide bonds. The van der Waals surface area contributed by atoms with Gasteiger partial charge in [-0.05, 0) is 60.7 Å². The van der Waals surface area contributed by atoms with Crippen molar-refractivity contribution in [3.8, 4) is 11.5 Å². The molecular weight excluding hydrogens is 446 g/mol. The lowest BCUT2D eigenvalue weighted by Crippen LogP contribution is -2.27. The number of anilines is 1. The topological polar surface area (TPSA) is 84.2 Å². The summed E-state index contributed by atoms with van der Waals surface area (Å²) in [5.74, 6) is 0.142. The number of carbonyl (C=O) groups is 2. The van der Waals surface area contributed by atoms with E-state index < -0.39 is 0 Å². The van der Waals surface area contributed by atoms with Crippen molar-refractivity contribution >= 4 is 44.5 Å². The number of amides is 2. The summed E-state index contributed by atoms with van der Waals surface area (Å²) in [5.41, 5.74) is 3.57. The zero-order chi connectivity index (χ0) is 20.9. The van der Waals surface area contributed by atoms with Crippen LogP contribution in [0.5, 0.6) is 0 Å². The Bertz CT molecular complexity index is 1150. The van der Waals surface area contributed by atoms with Gasteiger partial charge < -0.3 is 15.1 Å². The molecule has 30 heavy (non-hydrogen) atoms. The third kappa shape index (κ3) is 4.75. The van der Waals surface area contributed by atoms with Crippen LogP contribution in [0, 0.1) is 0 Å². The molecule has 0 saturated heterocycles. The average molecular weight is 464 g/mol. The summed E-state index contributed by atoms with van der Waals surface area (Å²) in [6.07, 6.45) is 0.176. The number of fused-ring (bicyclic) bond motifs is 1. The molecule has 0 aliphatic rings. The molecule has 0 aliphatic carbocycles. The Labute approximate surface area is 181 Å². The van der Waals surface area contributed by atoms with E-state index in [1.165, 1.54) is 0 Å². The number of rotatable bonds is 6. The van der Waals surface area contributed by atoms with Crippen LogP contribution in [0.25, 0.3) is 22.6 Å². The largest absolute Gasteiger partial charge is 0.436 e. The van der Waals surface area contributed by atoms with E-state index >= 15 is 0 Å². The van der Waals surface area contributed by atoms with Gasteiger partial charge in [0.25, 0.3) is 5.91 Å². The molecule has 0 bridgehead atoms. The third-order valence-corrected chi connectivity index (χ3v) is 4.98. The highest BCUT2D eigenvalue weighted by molar-refractivity contribution is 9.10. The fraction of sp³-hybridized carbons (Fsp3) is 0.0870. The van der Waals surface area contributed by atoms with Crippen molar-refractivity contribution in [2.75, 3.05) is 11.9 Å². The van der Waals surface area contributed by atoms with Crippen molar-refractivity contribution in [2.45, 2.75) is 6.42 Å². The summed E-state index contributed by atoms with van der Waals surface area (Å²) in [4.78, 5) is 28.7. The molecule has 4 aromatic rings. The Balaban J connectivity index is 1.29. The number of halogens is 1. The molecule has 7 heteroatoms. The summed E-state index contributed by atoms with van der Waals surface area (Å²) in [6, 6.07) is 21.9. The third-order valence-electron chi connectivity index (χ3n) is 4.45. The van der Waals surface area contributed by atoms with Gasteiger partial charge in [-0.3, -0.25) is 9.59 Å². The van der Waals surface area contributed by atoms with E-state index in [4.69, 9.17) is 4.42 Å². The van der Waals surface area contributed by atoms with Crippen molar-refractivity contribution in [2.24, 2.45) is 0 Å². The predicted octanol–water partition coefficient (Wildman–Crippen LogP) is 5.02. The van der Waals surface area contributed by atoms with Crippen LogP contribution in [-0.2, 0) is 4.79 Å². The lowest BCUT2D eigenvalue weighted by atomic mass is 10.2. The van der Waals surface area contributed by atoms with Crippen molar-refractivity contribution in [3.05, 3.63) is 82.8 Å². The second-order valence-corrected chi connectivity index (χ2v) is 7.54. The Kier molecular flexibility index (Phi) is 5.90. The first kappa shape index (κ1) is 19.8. The summed E-state index contributed by atoms with van der Waals surface area (Å²) >= 11 is 3.33. The van der Waals surface area contributed by atoms with Crippen LogP contribution in [0.1, 0.15) is 16.8 Å². The minimum absolute atomic E-state index is 0.176. The van der Waals surface area contributed by atoms with Crippen LogP contribution < -0.4 is 10.6 Å². The fourth-order valence-electron chi connectivity index (χ4n) is 2.91. The highest BCUT2D eigenvalue weighted by atomic mass is 79.9. The van der Waals surface area contributed by atoms with Gasteiger partial charge in [0.15, 0.2) is 5.58 Å². The molecule has 4 rings (SSSR count). The van der Waals surface area contributed by atoms with E-state index in [2.05, 4.69) is 31.5 Å². The van der Waals surface area contributed by atoms with Crippen molar-refractivity contribution in [1.82, 2.24) is 10.3 Å². The lowest BCUT2D eigenvalue weighted by molar-refractivity contribution is -0.116. The van der Waals surface area contributed by atoms with Gasteiger partial charge in [0.2, 0.25) is 11.8 Å². The monoisotopic (exact) mass is 463 g/mol. The van der Waals surface area contributed by atoms with Gasteiger partial charge in [-0.1, -0.05) is 28.1 Å². The van der Waals surface area contributed by atoms with E-state index in [0.717, 1.165) is 21.1 Å². The Morgan fingerprint density at radius 3 is 2.40 bits per heavy atom. The minimum Gasteiger partial charge on any atom is -0.436 e. The highest BCUT2D eigenvalue weighted by Crippen LogP contribution is 2.25. The maximum atomic E-state index is 12.1. The molecule has 6 nitrogen and oxygen atoms in total. The standard InChI is InChI=1S/C23H18BrN3O3/c24-17-9-5-15(6-10-17)22(29)25-14-13-21(28)26-18-11-7-16(8-12-18)23-27-19-3-1-2-4-20(19)30-23/h1-12H,13-14H2,(H,25,29)(H,26,28). The van der Waals surface area contributed by atoms with Crippen molar-refractivity contribution in [1.29, 1.82) is 0 Å². The molecule has 0 fully saturated rings. The van der Waals surface area contributed by atoms with Crippen LogP contribution in [0.3, 0.4) is 0 Å². The van der Waals surface area contributed by atoms with Crippen LogP contribution in [0.15, 0.2) is 81.7 Å². The number of hydrogen-bond acceptors (Lipinski definition) is 4. The number of benzene rings is 3. The number of para-hydroxylation sites is 2. The van der Waals surface area contributed by atoms with Crippen molar-refractivity contribution < 1.29 is 14.0 Å². The van der Waals surface area contributed by atoms with Crippen LogP contribution in [0.4, 0.5) is 5.69 Å². The van der Waals surface area contributed by atoms with Gasteiger partial charge in [-0.15, -0.1) is 0 Å². The van der Waals surface area contributed by atoms with Gasteiger partial charge in [0.1, 0.15) is 5.52 Å². The fourth-order valence-corrected chi connectivity index (χ4v) is 3.17. The normalized spacial score (nSPS) is 10.7. The number of oxazole rings is 1. The zero-order valence-corrected chi connectivity index (χ0v) is 17.5. The first-order chi connectivity index (χ1) is 14.6. The molecule has 150 valence electrons. The Morgan fingerprint density at radius 2 is 1.67 bits per heavy atom. The van der Waals surface area contributed by atoms with E-state index in [1.807, 2.05) is 36.4 Å². The number of aromatic nitrogens is 1. The van der Waals surface area contributed by atoms with E-state index in [1.54, 1.807) is 36.4 Å².